The third-order valence-corrected chi connectivity index (χ3v) is 11.5. The molecule has 2 heterocycles. The van der Waals surface area contributed by atoms with Crippen molar-refractivity contribution >= 4 is 81.1 Å². The number of hydrogen-bond acceptors (Lipinski definition) is 11. The van der Waals surface area contributed by atoms with Crippen LogP contribution in [0.5, 0.6) is 0 Å². The number of carbonyl (C=O) groups is 6. The van der Waals surface area contributed by atoms with Gasteiger partial charge in [0.05, 0.1) is 6.04 Å². The highest BCUT2D eigenvalue weighted by molar-refractivity contribution is 5.97. The summed E-state index contributed by atoms with van der Waals surface area (Å²) in [6.45, 7) is 0.453. The Bertz CT molecular complexity index is 2610. The lowest BCUT2D eigenvalue weighted by Crippen LogP contribution is -2.59. The number of nitrogens with one attached hydrogen (secondary N) is 7. The minimum Gasteiger partial charge on any atom is -0.370 e. The average Bonchev–Trinajstić information content (AvgIpc) is 3.95. The summed E-state index contributed by atoms with van der Waals surface area (Å²) in [5, 5.41) is 15.3. The summed E-state index contributed by atoms with van der Waals surface area (Å²) < 4.78 is 0. The Morgan fingerprint density at radius 1 is 0.425 bits per heavy atom. The Kier molecular flexibility index (Phi) is 22.6. The molecule has 0 saturated heterocycles. The number of para-hydroxylation sites is 2. The summed E-state index contributed by atoms with van der Waals surface area (Å²) in [7, 11) is 0. The van der Waals surface area contributed by atoms with Crippen molar-refractivity contribution in [1.29, 1.82) is 0 Å². The van der Waals surface area contributed by atoms with Gasteiger partial charge in [0, 0.05) is 73.2 Å². The van der Waals surface area contributed by atoms with Gasteiger partial charge in [-0.3, -0.25) is 48.7 Å². The van der Waals surface area contributed by atoms with Crippen LogP contribution in [-0.4, -0.2) is 132 Å². The van der Waals surface area contributed by atoms with Crippen LogP contribution in [-0.2, 0) is 41.6 Å². The topological polar surface area (TPSA) is 504 Å². The number of fused-ring (bicyclic) bond motifs is 2. The smallest absolute Gasteiger partial charge is 0.243 e. The molecular formula is C46H71N21O6. The molecule has 396 valence electrons. The molecule has 6 unspecified atom stereocenters. The summed E-state index contributed by atoms with van der Waals surface area (Å²) in [5.74, 6) is -5.29. The van der Waals surface area contributed by atoms with E-state index in [9.17, 15) is 28.8 Å². The van der Waals surface area contributed by atoms with Crippen LogP contribution in [0.15, 0.2) is 80.9 Å². The van der Waals surface area contributed by atoms with Gasteiger partial charge in [-0.25, -0.2) is 0 Å². The molecule has 0 aliphatic heterocycles. The van der Waals surface area contributed by atoms with E-state index in [1.165, 1.54) is 0 Å². The third-order valence-electron chi connectivity index (χ3n) is 11.5. The largest absolute Gasteiger partial charge is 0.370 e. The van der Waals surface area contributed by atoms with Gasteiger partial charge in [0.25, 0.3) is 0 Å². The van der Waals surface area contributed by atoms with Crippen LogP contribution in [0.4, 0.5) is 0 Å². The molecule has 0 saturated carbocycles. The molecule has 27 nitrogen and oxygen atoms in total. The first-order valence-electron chi connectivity index (χ1n) is 23.7. The molecule has 6 atom stereocenters. The number of nitrogens with zero attached hydrogens (tertiary/aromatic N) is 4. The second-order valence-corrected chi connectivity index (χ2v) is 17.2. The van der Waals surface area contributed by atoms with Crippen molar-refractivity contribution in [3.63, 3.8) is 0 Å². The van der Waals surface area contributed by atoms with Crippen molar-refractivity contribution in [2.24, 2.45) is 77.3 Å². The quantitative estimate of drug-likeness (QED) is 0.0129. The van der Waals surface area contributed by atoms with Gasteiger partial charge < -0.3 is 93.9 Å². The first-order chi connectivity index (χ1) is 34.8. The zero-order chi connectivity index (χ0) is 53.5. The highest BCUT2D eigenvalue weighted by atomic mass is 16.2. The predicted molar refractivity (Wildman–Crippen MR) is 280 cm³/mol. The Hall–Kier alpha value is -8.62. The van der Waals surface area contributed by atoms with Crippen LogP contribution >= 0.6 is 0 Å². The molecule has 6 amide bonds. The number of rotatable bonds is 31. The number of aliphatic imine (C=N–C) groups is 4. The number of carbonyl (C=O) groups excluding carboxylic acids is 6. The molecule has 27 N–H and O–H groups in total. The van der Waals surface area contributed by atoms with Crippen molar-refractivity contribution in [2.45, 2.75) is 100 Å². The fourth-order valence-corrected chi connectivity index (χ4v) is 7.81. The van der Waals surface area contributed by atoms with Crippen LogP contribution in [0, 0.1) is 0 Å². The van der Waals surface area contributed by atoms with Crippen molar-refractivity contribution in [2.75, 3.05) is 26.2 Å². The zero-order valence-electron chi connectivity index (χ0n) is 40.6. The number of H-pyrrole nitrogens is 2. The van der Waals surface area contributed by atoms with Crippen molar-refractivity contribution in [3.8, 4) is 0 Å². The summed E-state index contributed by atoms with van der Waals surface area (Å²) in [6.07, 6.45) is 4.43. The molecule has 0 aliphatic carbocycles. The Balaban J connectivity index is 1.64. The van der Waals surface area contributed by atoms with E-state index < -0.39 is 71.7 Å². The van der Waals surface area contributed by atoms with E-state index in [1.807, 2.05) is 48.5 Å². The molecule has 27 heteroatoms. The lowest BCUT2D eigenvalue weighted by Gasteiger charge is -2.27. The Morgan fingerprint density at radius 3 is 1.12 bits per heavy atom. The van der Waals surface area contributed by atoms with Gasteiger partial charge in [-0.05, 0) is 74.6 Å². The van der Waals surface area contributed by atoms with E-state index in [1.54, 1.807) is 12.4 Å². The lowest BCUT2D eigenvalue weighted by molar-refractivity contribution is -0.135. The number of primary amides is 1. The molecule has 0 fully saturated rings. The fraction of sp³-hybridized carbons (Fsp3) is 0.435. The molecule has 4 aromatic rings. The Morgan fingerprint density at radius 2 is 0.740 bits per heavy atom. The van der Waals surface area contributed by atoms with Crippen LogP contribution < -0.4 is 83.9 Å². The molecule has 73 heavy (non-hydrogen) atoms. The zero-order valence-corrected chi connectivity index (χ0v) is 40.6. The number of guanidine groups is 4. The van der Waals surface area contributed by atoms with E-state index in [0.29, 0.717) is 12.0 Å². The highest BCUT2D eigenvalue weighted by Gasteiger charge is 2.33. The molecule has 0 aliphatic rings. The summed E-state index contributed by atoms with van der Waals surface area (Å²) in [5.41, 5.74) is 59.0. The maximum atomic E-state index is 14.6. The van der Waals surface area contributed by atoms with Gasteiger partial charge in [-0.15, -0.1) is 0 Å². The van der Waals surface area contributed by atoms with Gasteiger partial charge >= 0.3 is 0 Å². The van der Waals surface area contributed by atoms with E-state index in [0.717, 1.165) is 27.4 Å². The molecule has 0 spiro atoms. The molecule has 0 bridgehead atoms. The van der Waals surface area contributed by atoms with E-state index >= 15 is 0 Å². The third kappa shape index (κ3) is 19.2. The molecule has 4 rings (SSSR count). The summed E-state index contributed by atoms with van der Waals surface area (Å²) in [4.78, 5) is 106. The van der Waals surface area contributed by atoms with E-state index in [2.05, 4.69) is 56.5 Å². The van der Waals surface area contributed by atoms with Gasteiger partial charge in [-0.2, -0.15) is 0 Å². The standard InChI is InChI=1S/C46H71N21O6/c47-29(11-5-17-57-43(49)50)38(69)63-32(14-6-18-58-44(51)52)39(70)64-33(15-7-19-59-45(53)54)40(71)65-34(16-8-20-60-46(55)56)41(72)67-36(22-26-24-62-31-13-4-2-10-28(26)31)42(73)66-35(37(48)68)21-25-23-61-30-12-3-1-9-27(25)30/h1-4,9-10,12-13,23-24,29,32-36,61-62H,5-8,11,14-22,47H2,(H2,48,68)(H,63,69)(H,64,70)(H,65,71)(H,66,73)(H,67,72)(H4,49,50,57)(H4,51,52,58)(H4,53,54,59)(H4,55,56,60). The molecule has 2 aromatic heterocycles. The molecular weight excluding hydrogens is 943 g/mol. The van der Waals surface area contributed by atoms with Crippen LogP contribution in [0.2, 0.25) is 0 Å². The number of amides is 6. The second-order valence-electron chi connectivity index (χ2n) is 17.2. The summed E-state index contributed by atoms with van der Waals surface area (Å²) in [6, 6.07) is 7.28. The number of hydrogen-bond donors (Lipinski definition) is 17. The van der Waals surface area contributed by atoms with Crippen molar-refractivity contribution in [3.05, 3.63) is 72.1 Å². The number of aromatic amines is 2. The lowest BCUT2D eigenvalue weighted by atomic mass is 10.0. The number of benzene rings is 2. The maximum absolute atomic E-state index is 14.6. The minimum atomic E-state index is -1.36. The van der Waals surface area contributed by atoms with Crippen LogP contribution in [0.25, 0.3) is 21.8 Å². The van der Waals surface area contributed by atoms with Crippen LogP contribution in [0.1, 0.15) is 62.5 Å². The monoisotopic (exact) mass is 1010 g/mol. The normalized spacial score (nSPS) is 13.4. The predicted octanol–water partition coefficient (Wildman–Crippen LogP) is -4.11. The average molecular weight is 1010 g/mol. The first-order valence-corrected chi connectivity index (χ1v) is 23.7. The van der Waals surface area contributed by atoms with Gasteiger partial charge in [0.1, 0.15) is 30.2 Å². The summed E-state index contributed by atoms with van der Waals surface area (Å²) >= 11 is 0. The number of aromatic nitrogens is 2. The minimum absolute atomic E-state index is 0.0194. The molecule has 2 aromatic carbocycles. The fourth-order valence-electron chi connectivity index (χ4n) is 7.81. The van der Waals surface area contributed by atoms with Gasteiger partial charge in [0.2, 0.25) is 35.4 Å². The Labute approximate surface area is 421 Å². The second kappa shape index (κ2) is 28.9. The van der Waals surface area contributed by atoms with Crippen molar-refractivity contribution in [1.82, 2.24) is 36.6 Å². The first kappa shape index (κ1) is 57.0. The van der Waals surface area contributed by atoms with Crippen molar-refractivity contribution < 1.29 is 28.8 Å². The highest BCUT2D eigenvalue weighted by Crippen LogP contribution is 2.21. The van der Waals surface area contributed by atoms with E-state index in [-0.39, 0.29) is 108 Å². The van der Waals surface area contributed by atoms with E-state index in [4.69, 9.17) is 57.3 Å². The SMILES string of the molecule is NC(=O)C(Cc1c[nH]c2ccccc12)NC(=O)C(Cc1c[nH]c2ccccc12)NC(=O)C(CCCN=C(N)N)NC(=O)C(CCCN=C(N)N)NC(=O)C(CCCN=C(N)N)NC(=O)C(N)CCCN=C(N)N. The number of nitrogens with two attached hydrogens (primary N) is 10. The van der Waals surface area contributed by atoms with Gasteiger partial charge in [0.15, 0.2) is 23.8 Å². The molecule has 0 radical (unpaired) electrons. The van der Waals surface area contributed by atoms with Crippen LogP contribution in [0.3, 0.4) is 0 Å². The van der Waals surface area contributed by atoms with Gasteiger partial charge in [-0.1, -0.05) is 36.4 Å². The maximum Gasteiger partial charge on any atom is 0.243 e.